The Balaban J connectivity index is 1.73. The van der Waals surface area contributed by atoms with Gasteiger partial charge in [-0.2, -0.15) is 0 Å². The largest absolute Gasteiger partial charge is 0.493 e. The molecule has 1 aliphatic rings. The Morgan fingerprint density at radius 3 is 2.62 bits per heavy atom. The van der Waals surface area contributed by atoms with Crippen molar-refractivity contribution in [1.82, 2.24) is 14.7 Å². The number of fused-ring (bicyclic) bond motifs is 1. The second-order valence-electron chi connectivity index (χ2n) is 8.35. The number of piperazine rings is 1. The van der Waals surface area contributed by atoms with Crippen LogP contribution in [0.2, 0.25) is 5.02 Å². The zero-order valence-electron chi connectivity index (χ0n) is 19.1. The van der Waals surface area contributed by atoms with Crippen LogP contribution < -0.4 is 26.0 Å². The number of anilines is 2. The summed E-state index contributed by atoms with van der Waals surface area (Å²) in [5.74, 6) is 0.954. The number of nitrogens with one attached hydrogen (secondary N) is 2. The molecule has 2 unspecified atom stereocenters. The molecule has 1 aliphatic heterocycles. The Kier molecular flexibility index (Phi) is 6.17. The van der Waals surface area contributed by atoms with Crippen LogP contribution in [0.15, 0.2) is 35.6 Å². The first-order valence-corrected chi connectivity index (χ1v) is 11.1. The number of nitrogens with two attached hydrogens (primary N) is 1. The van der Waals surface area contributed by atoms with E-state index >= 15 is 0 Å². The van der Waals surface area contributed by atoms with E-state index in [-0.39, 0.29) is 0 Å². The summed E-state index contributed by atoms with van der Waals surface area (Å²) in [4.78, 5) is 11.5. The van der Waals surface area contributed by atoms with E-state index in [0.29, 0.717) is 39.9 Å². The fourth-order valence-corrected chi connectivity index (χ4v) is 4.66. The average Bonchev–Trinajstić information content (AvgIpc) is 3.11. The molecule has 1 saturated heterocycles. The molecule has 2 aromatic heterocycles. The van der Waals surface area contributed by atoms with Crippen LogP contribution in [-0.4, -0.2) is 54.6 Å². The highest BCUT2D eigenvalue weighted by atomic mass is 35.5. The van der Waals surface area contributed by atoms with Crippen molar-refractivity contribution in [3.05, 3.63) is 46.9 Å². The lowest BCUT2D eigenvalue weighted by atomic mass is 10.1. The number of halogens is 1. The monoisotopic (exact) mass is 455 g/mol. The molecule has 8 nitrogen and oxygen atoms in total. The molecule has 1 aromatic carbocycles. The summed E-state index contributed by atoms with van der Waals surface area (Å²) >= 11 is 6.74. The molecule has 9 heteroatoms. The van der Waals surface area contributed by atoms with Crippen molar-refractivity contribution < 1.29 is 4.74 Å². The predicted octanol–water partition coefficient (Wildman–Crippen LogP) is 3.57. The number of nitrogens with zero attached hydrogens (tertiary/aromatic N) is 4. The summed E-state index contributed by atoms with van der Waals surface area (Å²) in [6.07, 6.45) is 3.79. The molecule has 2 atom stereocenters. The molecule has 4 N–H and O–H groups in total. The minimum Gasteiger partial charge on any atom is -0.493 e. The van der Waals surface area contributed by atoms with E-state index in [1.165, 1.54) is 0 Å². The number of pyridine rings is 1. The average molecular weight is 456 g/mol. The number of benzene rings is 1. The number of amidine groups is 1. The van der Waals surface area contributed by atoms with Crippen LogP contribution >= 0.6 is 11.6 Å². The van der Waals surface area contributed by atoms with E-state index in [0.717, 1.165) is 35.8 Å². The second-order valence-corrected chi connectivity index (χ2v) is 8.76. The van der Waals surface area contributed by atoms with Crippen LogP contribution in [0.3, 0.4) is 0 Å². The van der Waals surface area contributed by atoms with Gasteiger partial charge < -0.3 is 30.4 Å². The molecule has 3 heterocycles. The minimum atomic E-state index is 0.325. The summed E-state index contributed by atoms with van der Waals surface area (Å²) in [7, 11) is 3.47. The summed E-state index contributed by atoms with van der Waals surface area (Å²) in [6, 6.07) is 6.67. The summed E-state index contributed by atoms with van der Waals surface area (Å²) in [5.41, 5.74) is 11.3. The van der Waals surface area contributed by atoms with E-state index in [9.17, 15) is 0 Å². The van der Waals surface area contributed by atoms with E-state index in [1.54, 1.807) is 7.11 Å². The number of hydrogen-bond donors (Lipinski definition) is 3. The topological polar surface area (TPSA) is 92.2 Å². The number of hydrogen-bond acceptors (Lipinski definition) is 6. The zero-order chi connectivity index (χ0) is 23.0. The number of imidazole rings is 1. The smallest absolute Gasteiger partial charge is 0.180 e. The molecule has 3 aromatic rings. The van der Waals surface area contributed by atoms with Gasteiger partial charge in [0.25, 0.3) is 0 Å². The van der Waals surface area contributed by atoms with Crippen molar-refractivity contribution in [3.8, 4) is 5.75 Å². The Morgan fingerprint density at radius 1 is 1.25 bits per heavy atom. The van der Waals surface area contributed by atoms with E-state index < -0.39 is 0 Å². The van der Waals surface area contributed by atoms with E-state index in [1.807, 2.05) is 42.9 Å². The van der Waals surface area contributed by atoms with Crippen molar-refractivity contribution in [1.29, 1.82) is 0 Å². The fraction of sp³-hybridized carbons (Fsp3) is 0.391. The Hall–Kier alpha value is -2.97. The molecular formula is C23H30ClN7O. The first-order valence-electron chi connectivity index (χ1n) is 10.7. The highest BCUT2D eigenvalue weighted by Gasteiger charge is 2.23. The molecule has 0 saturated carbocycles. The van der Waals surface area contributed by atoms with Gasteiger partial charge in [0.15, 0.2) is 11.4 Å². The van der Waals surface area contributed by atoms with E-state index in [4.69, 9.17) is 22.1 Å². The molecule has 170 valence electrons. The zero-order valence-corrected chi connectivity index (χ0v) is 19.9. The molecular weight excluding hydrogens is 426 g/mol. The molecule has 0 radical (unpaired) electrons. The van der Waals surface area contributed by atoms with Crippen molar-refractivity contribution in [2.75, 3.05) is 37.5 Å². The maximum absolute atomic E-state index is 6.74. The molecule has 1 fully saturated rings. The van der Waals surface area contributed by atoms with Crippen LogP contribution in [-0.2, 0) is 0 Å². The van der Waals surface area contributed by atoms with Gasteiger partial charge in [0.2, 0.25) is 0 Å². The lowest BCUT2D eigenvalue weighted by Gasteiger charge is -2.38. The molecule has 0 amide bonds. The molecule has 0 spiro atoms. The standard InChI is InChI=1S/C23H30ClN7O/c1-13-9-30(10-14(2)27-13)17-7-18(24)21(19(8-17)26-4)22(25)29-16-6-20(32-5)23-28-15(3)11-31(23)12-16/h6-8,11-14,26-27H,9-10H2,1-5H3,(H2,25,29). The fourth-order valence-electron chi connectivity index (χ4n) is 4.35. The van der Waals surface area contributed by atoms with Gasteiger partial charge >= 0.3 is 0 Å². The van der Waals surface area contributed by atoms with Gasteiger partial charge in [-0.1, -0.05) is 11.6 Å². The second kappa shape index (κ2) is 8.88. The predicted molar refractivity (Wildman–Crippen MR) is 132 cm³/mol. The number of rotatable bonds is 5. The van der Waals surface area contributed by atoms with Gasteiger partial charge in [-0.15, -0.1) is 0 Å². The highest BCUT2D eigenvalue weighted by molar-refractivity contribution is 6.35. The Morgan fingerprint density at radius 2 is 1.97 bits per heavy atom. The first kappa shape index (κ1) is 22.2. The van der Waals surface area contributed by atoms with Gasteiger partial charge in [-0.05, 0) is 32.9 Å². The van der Waals surface area contributed by atoms with Crippen LogP contribution in [0.1, 0.15) is 25.1 Å². The number of methoxy groups -OCH3 is 1. The summed E-state index contributed by atoms with van der Waals surface area (Å²) in [5, 5.41) is 7.34. The summed E-state index contributed by atoms with van der Waals surface area (Å²) < 4.78 is 7.38. The third kappa shape index (κ3) is 4.33. The molecule has 0 aliphatic carbocycles. The lowest BCUT2D eigenvalue weighted by molar-refractivity contribution is 0.407. The van der Waals surface area contributed by atoms with Crippen molar-refractivity contribution in [2.45, 2.75) is 32.9 Å². The number of ether oxygens (including phenoxy) is 1. The van der Waals surface area contributed by atoms with Gasteiger partial charge in [-0.3, -0.25) is 0 Å². The number of aromatic nitrogens is 2. The normalized spacial score (nSPS) is 19.4. The molecule has 4 rings (SSSR count). The van der Waals surface area contributed by atoms with Crippen molar-refractivity contribution in [2.24, 2.45) is 10.7 Å². The highest BCUT2D eigenvalue weighted by Crippen LogP contribution is 2.33. The van der Waals surface area contributed by atoms with Crippen LogP contribution in [0.5, 0.6) is 5.75 Å². The van der Waals surface area contributed by atoms with E-state index in [2.05, 4.69) is 45.4 Å². The van der Waals surface area contributed by atoms with Crippen LogP contribution in [0, 0.1) is 6.92 Å². The Bertz CT molecular complexity index is 1160. The third-order valence-electron chi connectivity index (χ3n) is 5.62. The van der Waals surface area contributed by atoms with Gasteiger partial charge in [-0.25, -0.2) is 9.98 Å². The Labute approximate surface area is 193 Å². The minimum absolute atomic E-state index is 0.325. The van der Waals surface area contributed by atoms with Crippen LogP contribution in [0.4, 0.5) is 17.1 Å². The number of aryl methyl sites for hydroxylation is 1. The van der Waals surface area contributed by atoms with Gasteiger partial charge in [0.05, 0.1) is 29.1 Å². The maximum Gasteiger partial charge on any atom is 0.180 e. The maximum atomic E-state index is 6.74. The van der Waals surface area contributed by atoms with Gasteiger partial charge in [0, 0.05) is 62.1 Å². The van der Waals surface area contributed by atoms with Gasteiger partial charge in [0.1, 0.15) is 5.84 Å². The lowest BCUT2D eigenvalue weighted by Crippen LogP contribution is -2.54. The first-order chi connectivity index (χ1) is 15.3. The van der Waals surface area contributed by atoms with Crippen molar-refractivity contribution >= 4 is 40.1 Å². The molecule has 32 heavy (non-hydrogen) atoms. The summed E-state index contributed by atoms with van der Waals surface area (Å²) in [6.45, 7) is 8.14. The molecule has 0 bridgehead atoms. The SMILES string of the molecule is CNc1cc(N2CC(C)NC(C)C2)cc(Cl)c1C(N)=Nc1cc(OC)c2nc(C)cn2c1. The quantitative estimate of drug-likeness (QED) is 0.402. The number of aliphatic imine (C=N–C) groups is 1. The third-order valence-corrected chi connectivity index (χ3v) is 5.91. The van der Waals surface area contributed by atoms with Crippen LogP contribution in [0.25, 0.3) is 5.65 Å². The van der Waals surface area contributed by atoms with Crippen molar-refractivity contribution in [3.63, 3.8) is 0 Å².